The van der Waals surface area contributed by atoms with Crippen molar-refractivity contribution in [1.29, 1.82) is 0 Å². The van der Waals surface area contributed by atoms with E-state index < -0.39 is 5.97 Å². The van der Waals surface area contributed by atoms with E-state index in [1.165, 1.54) is 11.3 Å². The van der Waals surface area contributed by atoms with Gasteiger partial charge >= 0.3 is 5.97 Å². The molecule has 1 saturated carbocycles. The van der Waals surface area contributed by atoms with Crippen LogP contribution in [0.15, 0.2) is 0 Å². The molecule has 0 bridgehead atoms. The molecule has 4 nitrogen and oxygen atoms in total. The highest BCUT2D eigenvalue weighted by Gasteiger charge is 2.27. The third-order valence-electron chi connectivity index (χ3n) is 3.18. The Kier molecular flexibility index (Phi) is 5.45. The Hall–Kier alpha value is -1.06. The van der Waals surface area contributed by atoms with Crippen LogP contribution in [0.1, 0.15) is 46.0 Å². The highest BCUT2D eigenvalue weighted by atomic mass is 16.4. The lowest BCUT2D eigenvalue weighted by Gasteiger charge is -2.29. The maximum Gasteiger partial charge on any atom is 0.323 e. The molecule has 0 heterocycles. The monoisotopic (exact) mass is 241 g/mol. The predicted octanol–water partition coefficient (Wildman–Crippen LogP) is 2.14. The fourth-order valence-corrected chi connectivity index (χ4v) is 2.44. The molecule has 0 aromatic heterocycles. The van der Waals surface area contributed by atoms with Crippen LogP contribution >= 0.6 is 0 Å². The first-order chi connectivity index (χ1) is 8.00. The molecule has 0 aliphatic heterocycles. The summed E-state index contributed by atoms with van der Waals surface area (Å²) in [5, 5.41) is 8.85. The number of carbonyl (C=O) groups is 2. The first kappa shape index (κ1) is 14.0. The van der Waals surface area contributed by atoms with Gasteiger partial charge in [-0.15, -0.1) is 0 Å². The minimum Gasteiger partial charge on any atom is -0.480 e. The molecule has 98 valence electrons. The van der Waals surface area contributed by atoms with Gasteiger partial charge in [0.2, 0.25) is 5.91 Å². The molecule has 1 N–H and O–H groups in total. The van der Waals surface area contributed by atoms with Crippen molar-refractivity contribution in [1.82, 2.24) is 4.90 Å². The number of rotatable bonds is 5. The number of nitrogens with zero attached hydrogens (tertiary/aromatic N) is 1. The van der Waals surface area contributed by atoms with Gasteiger partial charge in [-0.25, -0.2) is 0 Å². The summed E-state index contributed by atoms with van der Waals surface area (Å²) in [7, 11) is 0. The molecule has 1 rings (SSSR count). The van der Waals surface area contributed by atoms with E-state index >= 15 is 0 Å². The first-order valence-electron chi connectivity index (χ1n) is 6.51. The Morgan fingerprint density at radius 1 is 1.24 bits per heavy atom. The van der Waals surface area contributed by atoms with Crippen molar-refractivity contribution in [3.63, 3.8) is 0 Å². The van der Waals surface area contributed by atoms with Crippen LogP contribution < -0.4 is 0 Å². The summed E-state index contributed by atoms with van der Waals surface area (Å²) in [5.41, 5.74) is 0. The summed E-state index contributed by atoms with van der Waals surface area (Å²) in [6.45, 7) is 4.39. The Balaban J connectivity index is 2.60. The SMILES string of the molecule is CC(C)CN(CC(=O)O)C(=O)C1CCCCC1. The maximum atomic E-state index is 12.2. The average Bonchev–Trinajstić information content (AvgIpc) is 2.27. The van der Waals surface area contributed by atoms with Crippen LogP contribution in [0.3, 0.4) is 0 Å². The molecule has 1 aliphatic carbocycles. The van der Waals surface area contributed by atoms with Crippen LogP contribution in [0.2, 0.25) is 0 Å². The number of carbonyl (C=O) groups excluding carboxylic acids is 1. The number of amides is 1. The summed E-state index contributed by atoms with van der Waals surface area (Å²) in [6, 6.07) is 0. The summed E-state index contributed by atoms with van der Waals surface area (Å²) < 4.78 is 0. The molecule has 0 unspecified atom stereocenters. The molecule has 4 heteroatoms. The molecule has 17 heavy (non-hydrogen) atoms. The molecule has 0 saturated heterocycles. The Bertz CT molecular complexity index is 270. The first-order valence-corrected chi connectivity index (χ1v) is 6.51. The highest BCUT2D eigenvalue weighted by Crippen LogP contribution is 2.25. The zero-order valence-electron chi connectivity index (χ0n) is 10.8. The highest BCUT2D eigenvalue weighted by molar-refractivity contribution is 5.83. The van der Waals surface area contributed by atoms with Gasteiger partial charge in [0, 0.05) is 12.5 Å². The number of aliphatic carboxylic acids is 1. The molecule has 1 fully saturated rings. The van der Waals surface area contributed by atoms with Crippen LogP contribution in [-0.2, 0) is 9.59 Å². The molecule has 0 radical (unpaired) electrons. The van der Waals surface area contributed by atoms with Gasteiger partial charge < -0.3 is 10.0 Å². The lowest BCUT2D eigenvalue weighted by atomic mass is 9.88. The summed E-state index contributed by atoms with van der Waals surface area (Å²) in [4.78, 5) is 24.5. The standard InChI is InChI=1S/C13H23NO3/c1-10(2)8-14(9-12(15)16)13(17)11-6-4-3-5-7-11/h10-11H,3-9H2,1-2H3,(H,15,16). The summed E-state index contributed by atoms with van der Waals surface area (Å²) in [5.74, 6) is -0.514. The van der Waals surface area contributed by atoms with Gasteiger partial charge in [0.05, 0.1) is 0 Å². The molecule has 0 atom stereocenters. The van der Waals surface area contributed by atoms with Gasteiger partial charge in [-0.1, -0.05) is 33.1 Å². The van der Waals surface area contributed by atoms with Crippen molar-refractivity contribution in [3.05, 3.63) is 0 Å². The second kappa shape index (κ2) is 6.62. The Morgan fingerprint density at radius 2 is 1.82 bits per heavy atom. The lowest BCUT2D eigenvalue weighted by Crippen LogP contribution is -2.42. The minimum absolute atomic E-state index is 0.0424. The zero-order chi connectivity index (χ0) is 12.8. The average molecular weight is 241 g/mol. The lowest BCUT2D eigenvalue weighted by molar-refractivity contribution is -0.147. The van der Waals surface area contributed by atoms with E-state index in [4.69, 9.17) is 5.11 Å². The van der Waals surface area contributed by atoms with E-state index in [0.29, 0.717) is 12.5 Å². The number of hydrogen-bond acceptors (Lipinski definition) is 2. The number of carboxylic acids is 1. The summed E-state index contributed by atoms with van der Waals surface area (Å²) >= 11 is 0. The van der Waals surface area contributed by atoms with Crippen molar-refractivity contribution in [2.75, 3.05) is 13.1 Å². The third kappa shape index (κ3) is 4.75. The zero-order valence-corrected chi connectivity index (χ0v) is 10.8. The van der Waals surface area contributed by atoms with E-state index in [9.17, 15) is 9.59 Å². The minimum atomic E-state index is -0.921. The van der Waals surface area contributed by atoms with E-state index in [1.807, 2.05) is 13.8 Å². The van der Waals surface area contributed by atoms with Gasteiger partial charge in [-0.2, -0.15) is 0 Å². The van der Waals surface area contributed by atoms with Crippen molar-refractivity contribution in [2.24, 2.45) is 11.8 Å². The predicted molar refractivity (Wildman–Crippen MR) is 65.6 cm³/mol. The van der Waals surface area contributed by atoms with E-state index in [-0.39, 0.29) is 18.4 Å². The van der Waals surface area contributed by atoms with Gasteiger partial charge in [-0.05, 0) is 18.8 Å². The Morgan fingerprint density at radius 3 is 2.29 bits per heavy atom. The largest absolute Gasteiger partial charge is 0.480 e. The van der Waals surface area contributed by atoms with Gasteiger partial charge in [-0.3, -0.25) is 9.59 Å². The van der Waals surface area contributed by atoms with Crippen molar-refractivity contribution >= 4 is 11.9 Å². The van der Waals surface area contributed by atoms with Gasteiger partial charge in [0.15, 0.2) is 0 Å². The van der Waals surface area contributed by atoms with Crippen molar-refractivity contribution in [3.8, 4) is 0 Å². The third-order valence-corrected chi connectivity index (χ3v) is 3.18. The number of hydrogen-bond donors (Lipinski definition) is 1. The molecule has 1 aliphatic rings. The molecular weight excluding hydrogens is 218 g/mol. The van der Waals surface area contributed by atoms with Crippen LogP contribution in [0.25, 0.3) is 0 Å². The quantitative estimate of drug-likeness (QED) is 0.802. The van der Waals surface area contributed by atoms with Crippen LogP contribution in [0, 0.1) is 11.8 Å². The smallest absolute Gasteiger partial charge is 0.323 e. The van der Waals surface area contributed by atoms with E-state index in [1.54, 1.807) is 0 Å². The molecular formula is C13H23NO3. The second-order valence-corrected chi connectivity index (χ2v) is 5.34. The van der Waals surface area contributed by atoms with E-state index in [2.05, 4.69) is 0 Å². The van der Waals surface area contributed by atoms with Gasteiger partial charge in [0.25, 0.3) is 0 Å². The van der Waals surface area contributed by atoms with Crippen LogP contribution in [-0.4, -0.2) is 35.0 Å². The van der Waals surface area contributed by atoms with Crippen molar-refractivity contribution in [2.45, 2.75) is 46.0 Å². The fraction of sp³-hybridized carbons (Fsp3) is 0.846. The van der Waals surface area contributed by atoms with Crippen molar-refractivity contribution < 1.29 is 14.7 Å². The molecule has 0 spiro atoms. The topological polar surface area (TPSA) is 57.6 Å². The maximum absolute atomic E-state index is 12.2. The van der Waals surface area contributed by atoms with Crippen LogP contribution in [0.4, 0.5) is 0 Å². The normalized spacial score (nSPS) is 17.1. The van der Waals surface area contributed by atoms with E-state index in [0.717, 1.165) is 25.7 Å². The fourth-order valence-electron chi connectivity index (χ4n) is 2.44. The van der Waals surface area contributed by atoms with Gasteiger partial charge in [0.1, 0.15) is 6.54 Å². The van der Waals surface area contributed by atoms with Crippen LogP contribution in [0.5, 0.6) is 0 Å². The second-order valence-electron chi connectivity index (χ2n) is 5.34. The molecule has 1 amide bonds. The molecule has 0 aromatic rings. The summed E-state index contributed by atoms with van der Waals surface area (Å²) in [6.07, 6.45) is 5.24. The number of carboxylic acid groups (broad SMARTS) is 1. The molecule has 0 aromatic carbocycles. The Labute approximate surface area is 103 Å².